The Kier molecular flexibility index (Phi) is 3.89. The number of nitrogens with zero attached hydrogens (tertiary/aromatic N) is 3. The molecular weight excluding hydrogens is 134 g/mol. The highest BCUT2D eigenvalue weighted by Crippen LogP contribution is 1.99. The van der Waals surface area contributed by atoms with Crippen molar-refractivity contribution in [3.63, 3.8) is 0 Å². The van der Waals surface area contributed by atoms with Crippen LogP contribution in [0.15, 0.2) is 4.99 Å². The van der Waals surface area contributed by atoms with Crippen LogP contribution in [0.25, 0.3) is 0 Å². The van der Waals surface area contributed by atoms with Gasteiger partial charge in [0.2, 0.25) is 0 Å². The van der Waals surface area contributed by atoms with Crippen molar-refractivity contribution in [3.8, 4) is 6.19 Å². The van der Waals surface area contributed by atoms with E-state index in [2.05, 4.69) is 4.99 Å². The lowest BCUT2D eigenvalue weighted by Crippen LogP contribution is -2.17. The van der Waals surface area contributed by atoms with Crippen molar-refractivity contribution in [2.24, 2.45) is 4.99 Å². The number of hydrogen-bond acceptors (Lipinski definition) is 3. The molecule has 0 aromatic carbocycles. The van der Waals surface area contributed by atoms with Gasteiger partial charge in [-0.15, -0.1) is 0 Å². The van der Waals surface area contributed by atoms with Gasteiger partial charge in [-0.2, -0.15) is 5.26 Å². The molecule has 3 nitrogen and oxygen atoms in total. The van der Waals surface area contributed by atoms with Crippen molar-refractivity contribution in [1.29, 1.82) is 5.26 Å². The molecule has 0 heterocycles. The zero-order valence-corrected chi connectivity index (χ0v) is 6.57. The fraction of sp³-hybridized carbons (Fsp3) is 0.600. The number of thioether (sulfide) groups is 1. The predicted octanol–water partition coefficient (Wildman–Crippen LogP) is 0.748. The lowest BCUT2D eigenvalue weighted by atomic mass is 10.9. The van der Waals surface area contributed by atoms with E-state index in [0.717, 1.165) is 5.17 Å². The summed E-state index contributed by atoms with van der Waals surface area (Å²) < 4.78 is 0. The van der Waals surface area contributed by atoms with E-state index < -0.39 is 0 Å². The van der Waals surface area contributed by atoms with Crippen molar-refractivity contribution in [2.75, 3.05) is 20.4 Å². The number of rotatable bonds is 0. The number of nitriles is 1. The van der Waals surface area contributed by atoms with Gasteiger partial charge in [0, 0.05) is 14.1 Å². The van der Waals surface area contributed by atoms with Gasteiger partial charge in [-0.05, 0) is 6.26 Å². The summed E-state index contributed by atoms with van der Waals surface area (Å²) in [6.45, 7) is 0. The van der Waals surface area contributed by atoms with Gasteiger partial charge in [0.1, 0.15) is 0 Å². The number of hydrogen-bond donors (Lipinski definition) is 0. The minimum atomic E-state index is 0.734. The smallest absolute Gasteiger partial charge is 0.185 e. The monoisotopic (exact) mass is 143 g/mol. The molecule has 0 aliphatic rings. The predicted molar refractivity (Wildman–Crippen MR) is 40.3 cm³/mol. The highest BCUT2D eigenvalue weighted by Gasteiger charge is 1.99. The second-order valence-electron chi connectivity index (χ2n) is 1.37. The van der Waals surface area contributed by atoms with Gasteiger partial charge in [-0.1, -0.05) is 11.8 Å². The van der Waals surface area contributed by atoms with Crippen molar-refractivity contribution in [1.82, 2.24) is 4.90 Å². The second-order valence-corrected chi connectivity index (χ2v) is 2.14. The first-order valence-electron chi connectivity index (χ1n) is 2.40. The van der Waals surface area contributed by atoms with Crippen molar-refractivity contribution in [2.45, 2.75) is 0 Å². The normalized spacial score (nSPS) is 10.7. The summed E-state index contributed by atoms with van der Waals surface area (Å²) in [7, 11) is 3.35. The average Bonchev–Trinajstić information content (AvgIpc) is 1.90. The molecule has 0 aromatic rings. The fourth-order valence-electron chi connectivity index (χ4n) is 0.421. The van der Waals surface area contributed by atoms with Crippen LogP contribution in [0, 0.1) is 11.5 Å². The molecule has 0 amide bonds. The van der Waals surface area contributed by atoms with E-state index in [1.165, 1.54) is 16.7 Å². The molecule has 0 rings (SSSR count). The maximum atomic E-state index is 8.35. The molecule has 0 unspecified atom stereocenters. The second kappa shape index (κ2) is 4.21. The van der Waals surface area contributed by atoms with E-state index in [0.29, 0.717) is 0 Å². The topological polar surface area (TPSA) is 39.4 Å². The summed E-state index contributed by atoms with van der Waals surface area (Å²) in [6.07, 6.45) is 3.83. The van der Waals surface area contributed by atoms with Crippen LogP contribution in [0.3, 0.4) is 0 Å². The molecule has 0 aromatic heterocycles. The Balaban J connectivity index is 4.01. The third-order valence-corrected chi connectivity index (χ3v) is 1.63. The van der Waals surface area contributed by atoms with E-state index in [4.69, 9.17) is 5.26 Å². The molecule has 0 aliphatic carbocycles. The van der Waals surface area contributed by atoms with Crippen LogP contribution in [0.2, 0.25) is 0 Å². The molecule has 50 valence electrons. The Hall–Kier alpha value is -0.690. The highest BCUT2D eigenvalue weighted by atomic mass is 32.2. The van der Waals surface area contributed by atoms with Crippen LogP contribution < -0.4 is 0 Å². The van der Waals surface area contributed by atoms with Gasteiger partial charge >= 0.3 is 0 Å². The summed E-state index contributed by atoms with van der Waals surface area (Å²) >= 11 is 1.46. The Bertz CT molecular complexity index is 147. The summed E-state index contributed by atoms with van der Waals surface area (Å²) in [5.41, 5.74) is 0. The molecule has 0 saturated heterocycles. The van der Waals surface area contributed by atoms with Gasteiger partial charge in [-0.3, -0.25) is 9.89 Å². The highest BCUT2D eigenvalue weighted by molar-refractivity contribution is 8.13. The molecule has 0 aliphatic heterocycles. The van der Waals surface area contributed by atoms with Crippen molar-refractivity contribution >= 4 is 16.9 Å². The van der Waals surface area contributed by atoms with E-state index >= 15 is 0 Å². The first-order chi connectivity index (χ1) is 4.26. The van der Waals surface area contributed by atoms with Crippen LogP contribution in [-0.2, 0) is 0 Å². The molecular formula is C5H9N3S. The van der Waals surface area contributed by atoms with Gasteiger partial charge in [0.05, 0.1) is 0 Å². The summed E-state index contributed by atoms with van der Waals surface area (Å²) in [5, 5.41) is 9.08. The fourth-order valence-corrected chi connectivity index (χ4v) is 0.918. The third-order valence-electron chi connectivity index (χ3n) is 0.811. The van der Waals surface area contributed by atoms with Crippen LogP contribution >= 0.6 is 11.8 Å². The Morgan fingerprint density at radius 2 is 2.33 bits per heavy atom. The SMILES string of the molecule is CN=C(SC)N(C)C#N. The molecule has 9 heavy (non-hydrogen) atoms. The molecule has 0 N–H and O–H groups in total. The molecule has 0 radical (unpaired) electrons. The third kappa shape index (κ3) is 2.38. The molecule has 4 heteroatoms. The molecule has 0 fully saturated rings. The quantitative estimate of drug-likeness (QED) is 0.217. The molecule has 0 atom stereocenters. The first-order valence-corrected chi connectivity index (χ1v) is 3.63. The summed E-state index contributed by atoms with van der Waals surface area (Å²) in [6, 6.07) is 0. The van der Waals surface area contributed by atoms with Crippen molar-refractivity contribution < 1.29 is 0 Å². The maximum Gasteiger partial charge on any atom is 0.185 e. The van der Waals surface area contributed by atoms with Crippen LogP contribution in [0.5, 0.6) is 0 Å². The van der Waals surface area contributed by atoms with Crippen LogP contribution in [-0.4, -0.2) is 30.4 Å². The van der Waals surface area contributed by atoms with Crippen LogP contribution in [0.1, 0.15) is 0 Å². The van der Waals surface area contributed by atoms with Gasteiger partial charge in [-0.25, -0.2) is 0 Å². The largest absolute Gasteiger partial charge is 0.265 e. The minimum Gasteiger partial charge on any atom is -0.265 e. The average molecular weight is 143 g/mol. The van der Waals surface area contributed by atoms with Crippen LogP contribution in [0.4, 0.5) is 0 Å². The lowest BCUT2D eigenvalue weighted by molar-refractivity contribution is 0.724. The van der Waals surface area contributed by atoms with Gasteiger partial charge in [0.25, 0.3) is 0 Å². The van der Waals surface area contributed by atoms with E-state index in [9.17, 15) is 0 Å². The molecule has 0 bridgehead atoms. The summed E-state index contributed by atoms with van der Waals surface area (Å²) in [5.74, 6) is 0. The molecule has 0 saturated carbocycles. The Morgan fingerprint density at radius 3 is 2.44 bits per heavy atom. The first kappa shape index (κ1) is 8.31. The zero-order valence-electron chi connectivity index (χ0n) is 5.75. The summed E-state index contributed by atoms with van der Waals surface area (Å²) in [4.78, 5) is 5.28. The zero-order chi connectivity index (χ0) is 7.28. The number of amidine groups is 1. The lowest BCUT2D eigenvalue weighted by Gasteiger charge is -2.06. The Labute approximate surface area is 59.4 Å². The van der Waals surface area contributed by atoms with Gasteiger partial charge < -0.3 is 0 Å². The maximum absolute atomic E-state index is 8.35. The minimum absolute atomic E-state index is 0.734. The van der Waals surface area contributed by atoms with Gasteiger partial charge in [0.15, 0.2) is 11.4 Å². The molecule has 0 spiro atoms. The van der Waals surface area contributed by atoms with Crippen molar-refractivity contribution in [3.05, 3.63) is 0 Å². The van der Waals surface area contributed by atoms with E-state index in [-0.39, 0.29) is 0 Å². The van der Waals surface area contributed by atoms with E-state index in [1.807, 2.05) is 12.4 Å². The number of aliphatic imine (C=N–C) groups is 1. The van der Waals surface area contributed by atoms with E-state index in [1.54, 1.807) is 14.1 Å². The Morgan fingerprint density at radius 1 is 1.78 bits per heavy atom. The standard InChI is InChI=1S/C5H9N3S/c1-7-5(9-3)8(2)4-6/h1-3H3.